The summed E-state index contributed by atoms with van der Waals surface area (Å²) in [6.07, 6.45) is 4.24. The topological polar surface area (TPSA) is 59.4 Å². The molecule has 0 radical (unpaired) electrons. The maximum Gasteiger partial charge on any atom is 0.255 e. The van der Waals surface area contributed by atoms with Gasteiger partial charge in [0, 0.05) is 40.6 Å². The van der Waals surface area contributed by atoms with Crippen molar-refractivity contribution in [2.24, 2.45) is 7.05 Å². The summed E-state index contributed by atoms with van der Waals surface area (Å²) in [5, 5.41) is 7.87. The minimum Gasteiger partial charge on any atom is -0.491 e. The first kappa shape index (κ1) is 22.4. The van der Waals surface area contributed by atoms with Crippen LogP contribution in [0.15, 0.2) is 54.7 Å². The van der Waals surface area contributed by atoms with E-state index in [1.807, 2.05) is 31.3 Å². The Bertz CT molecular complexity index is 1090. The van der Waals surface area contributed by atoms with Crippen molar-refractivity contribution in [2.45, 2.75) is 32.2 Å². The third-order valence-electron chi connectivity index (χ3n) is 5.98. The number of rotatable bonds is 7. The number of aryl methyl sites for hydroxylation is 1. The zero-order valence-corrected chi connectivity index (χ0v) is 19.5. The van der Waals surface area contributed by atoms with Crippen LogP contribution in [0.25, 0.3) is 11.3 Å². The summed E-state index contributed by atoms with van der Waals surface area (Å²) in [5.74, 6) is 0.576. The molecular weight excluding hydrogens is 424 g/mol. The molecule has 6 nitrogen and oxygen atoms in total. The Kier molecular flexibility index (Phi) is 6.53. The minimum atomic E-state index is -0.193. The summed E-state index contributed by atoms with van der Waals surface area (Å²) in [7, 11) is 1.90. The highest BCUT2D eigenvalue weighted by molar-refractivity contribution is 6.30. The van der Waals surface area contributed by atoms with Crippen molar-refractivity contribution in [2.75, 3.05) is 25.0 Å². The molecule has 3 aromatic rings. The third-order valence-corrected chi connectivity index (χ3v) is 6.24. The normalized spacial score (nSPS) is 14.5. The molecule has 0 atom stereocenters. The summed E-state index contributed by atoms with van der Waals surface area (Å²) in [6.45, 7) is 7.25. The number of benzene rings is 2. The van der Waals surface area contributed by atoms with Crippen LogP contribution >= 0.6 is 11.6 Å². The molecule has 1 N–H and O–H groups in total. The lowest BCUT2D eigenvalue weighted by Gasteiger charge is -2.35. The Balaban J connectivity index is 1.57. The molecule has 4 rings (SSSR count). The molecule has 0 spiro atoms. The number of aromatic nitrogens is 2. The van der Waals surface area contributed by atoms with E-state index >= 15 is 0 Å². The van der Waals surface area contributed by atoms with E-state index in [1.54, 1.807) is 35.1 Å². The lowest BCUT2D eigenvalue weighted by Crippen LogP contribution is -2.46. The van der Waals surface area contributed by atoms with Crippen LogP contribution in [0.1, 0.15) is 37.0 Å². The van der Waals surface area contributed by atoms with Crippen molar-refractivity contribution in [3.8, 4) is 17.0 Å². The van der Waals surface area contributed by atoms with Gasteiger partial charge in [0.15, 0.2) is 0 Å². The van der Waals surface area contributed by atoms with E-state index in [9.17, 15) is 4.79 Å². The van der Waals surface area contributed by atoms with Gasteiger partial charge in [-0.05, 0) is 88.3 Å². The van der Waals surface area contributed by atoms with E-state index in [0.717, 1.165) is 30.1 Å². The molecule has 1 fully saturated rings. The maximum absolute atomic E-state index is 12.7. The predicted molar refractivity (Wildman–Crippen MR) is 128 cm³/mol. The van der Waals surface area contributed by atoms with Gasteiger partial charge in [-0.1, -0.05) is 11.6 Å². The maximum atomic E-state index is 12.7. The highest BCUT2D eigenvalue weighted by atomic mass is 35.5. The van der Waals surface area contributed by atoms with Crippen LogP contribution in [-0.2, 0) is 7.05 Å². The molecule has 1 aliphatic heterocycles. The number of likely N-dealkylation sites (tertiary alicyclic amines) is 1. The fourth-order valence-corrected chi connectivity index (χ4v) is 4.17. The second kappa shape index (κ2) is 9.35. The highest BCUT2D eigenvalue weighted by Gasteiger charge is 2.30. The highest BCUT2D eigenvalue weighted by Crippen LogP contribution is 2.34. The van der Waals surface area contributed by atoms with Crippen molar-refractivity contribution in [3.63, 3.8) is 0 Å². The predicted octanol–water partition coefficient (Wildman–Crippen LogP) is 5.25. The molecule has 2 heterocycles. The number of amides is 1. The van der Waals surface area contributed by atoms with Gasteiger partial charge < -0.3 is 10.1 Å². The van der Waals surface area contributed by atoms with E-state index in [4.69, 9.17) is 16.3 Å². The number of carbonyl (C=O) groups is 1. The van der Waals surface area contributed by atoms with Gasteiger partial charge >= 0.3 is 0 Å². The third kappa shape index (κ3) is 4.97. The number of halogens is 1. The Morgan fingerprint density at radius 1 is 1.12 bits per heavy atom. The van der Waals surface area contributed by atoms with Crippen LogP contribution in [0.2, 0.25) is 5.02 Å². The minimum absolute atomic E-state index is 0.0539. The van der Waals surface area contributed by atoms with E-state index in [2.05, 4.69) is 29.2 Å². The molecule has 1 aromatic heterocycles. The number of carbonyl (C=O) groups excluding carboxylic acids is 1. The largest absolute Gasteiger partial charge is 0.491 e. The molecule has 1 amide bonds. The Morgan fingerprint density at radius 2 is 1.84 bits per heavy atom. The second-order valence-electron chi connectivity index (χ2n) is 8.81. The van der Waals surface area contributed by atoms with Crippen molar-refractivity contribution in [3.05, 3.63) is 65.3 Å². The molecule has 7 heteroatoms. The number of hydrogen-bond donors (Lipinski definition) is 1. The van der Waals surface area contributed by atoms with Crippen LogP contribution in [-0.4, -0.2) is 45.8 Å². The van der Waals surface area contributed by atoms with Crippen LogP contribution in [0, 0.1) is 0 Å². The Morgan fingerprint density at radius 3 is 2.50 bits per heavy atom. The van der Waals surface area contributed by atoms with Crippen LogP contribution < -0.4 is 10.1 Å². The molecule has 1 saturated heterocycles. The molecule has 2 aromatic carbocycles. The van der Waals surface area contributed by atoms with Gasteiger partial charge in [0.1, 0.15) is 12.4 Å². The zero-order chi connectivity index (χ0) is 22.7. The second-order valence-corrected chi connectivity index (χ2v) is 9.24. The van der Waals surface area contributed by atoms with Gasteiger partial charge in [-0.3, -0.25) is 14.4 Å². The Hall–Kier alpha value is -2.83. The summed E-state index contributed by atoms with van der Waals surface area (Å²) in [4.78, 5) is 15.2. The van der Waals surface area contributed by atoms with Gasteiger partial charge in [0.05, 0.1) is 5.69 Å². The van der Waals surface area contributed by atoms with Gasteiger partial charge in [-0.2, -0.15) is 5.10 Å². The average molecular weight is 453 g/mol. The average Bonchev–Trinajstić information content (AvgIpc) is 3.45. The van der Waals surface area contributed by atoms with Crippen molar-refractivity contribution in [1.29, 1.82) is 0 Å². The number of anilines is 1. The number of hydrogen-bond acceptors (Lipinski definition) is 4. The van der Waals surface area contributed by atoms with Gasteiger partial charge in [0.25, 0.3) is 5.91 Å². The van der Waals surface area contributed by atoms with Crippen molar-refractivity contribution in [1.82, 2.24) is 14.7 Å². The summed E-state index contributed by atoms with van der Waals surface area (Å²) >= 11 is 5.93. The fourth-order valence-electron chi connectivity index (χ4n) is 4.04. The first-order chi connectivity index (χ1) is 15.3. The quantitative estimate of drug-likeness (QED) is 0.532. The Labute approximate surface area is 194 Å². The number of nitrogens with zero attached hydrogens (tertiary/aromatic N) is 3. The van der Waals surface area contributed by atoms with E-state index in [-0.39, 0.29) is 11.4 Å². The monoisotopic (exact) mass is 452 g/mol. The standard InChI is InChI=1S/C25H29ClN4O2/c1-25(2,30-14-4-5-15-30)17-32-23-11-10-20(16-21(23)22-12-13-27-29(22)3)28-24(31)18-6-8-19(26)9-7-18/h6-13,16H,4-5,14-15,17H2,1-3H3,(H,28,31). The van der Waals surface area contributed by atoms with Gasteiger partial charge in [-0.15, -0.1) is 0 Å². The fraction of sp³-hybridized carbons (Fsp3) is 0.360. The SMILES string of the molecule is Cn1nccc1-c1cc(NC(=O)c2ccc(Cl)cc2)ccc1OCC(C)(C)N1CCCC1. The van der Waals surface area contributed by atoms with Crippen LogP contribution in [0.4, 0.5) is 5.69 Å². The lowest BCUT2D eigenvalue weighted by atomic mass is 10.0. The lowest BCUT2D eigenvalue weighted by molar-refractivity contribution is 0.0897. The molecule has 0 bridgehead atoms. The zero-order valence-electron chi connectivity index (χ0n) is 18.8. The number of nitrogens with one attached hydrogen (secondary N) is 1. The van der Waals surface area contributed by atoms with Gasteiger partial charge in [0.2, 0.25) is 0 Å². The summed E-state index contributed by atoms with van der Waals surface area (Å²) < 4.78 is 8.14. The summed E-state index contributed by atoms with van der Waals surface area (Å²) in [5.41, 5.74) is 2.98. The van der Waals surface area contributed by atoms with Crippen LogP contribution in [0.3, 0.4) is 0 Å². The number of ether oxygens (including phenoxy) is 1. The molecular formula is C25H29ClN4O2. The molecule has 1 aliphatic rings. The molecule has 168 valence electrons. The van der Waals surface area contributed by atoms with Crippen LogP contribution in [0.5, 0.6) is 5.75 Å². The smallest absolute Gasteiger partial charge is 0.255 e. The molecule has 0 aliphatic carbocycles. The first-order valence-corrected chi connectivity index (χ1v) is 11.3. The molecule has 0 saturated carbocycles. The molecule has 32 heavy (non-hydrogen) atoms. The summed E-state index contributed by atoms with van der Waals surface area (Å²) in [6, 6.07) is 14.5. The first-order valence-electron chi connectivity index (χ1n) is 10.9. The van der Waals surface area contributed by atoms with Crippen molar-refractivity contribution >= 4 is 23.2 Å². The molecule has 0 unspecified atom stereocenters. The van der Waals surface area contributed by atoms with E-state index < -0.39 is 0 Å². The van der Waals surface area contributed by atoms with E-state index in [1.165, 1.54) is 12.8 Å². The van der Waals surface area contributed by atoms with E-state index in [0.29, 0.717) is 22.9 Å². The van der Waals surface area contributed by atoms with Gasteiger partial charge in [-0.25, -0.2) is 0 Å². The van der Waals surface area contributed by atoms with Crippen molar-refractivity contribution < 1.29 is 9.53 Å².